The Hall–Kier alpha value is -1.06. The predicted octanol–water partition coefficient (Wildman–Crippen LogP) is 2.87. The molecule has 1 aromatic heterocycles. The van der Waals surface area contributed by atoms with Gasteiger partial charge in [-0.15, -0.1) is 0 Å². The van der Waals surface area contributed by atoms with E-state index in [0.717, 1.165) is 30.8 Å². The molecule has 0 unspecified atom stereocenters. The Kier molecular flexibility index (Phi) is 6.61. The molecule has 0 saturated heterocycles. The summed E-state index contributed by atoms with van der Waals surface area (Å²) in [5, 5.41) is 3.32. The van der Waals surface area contributed by atoms with Gasteiger partial charge in [-0.2, -0.15) is 0 Å². The number of furan rings is 1. The Labute approximate surface area is 97.5 Å². The molecule has 90 valence electrons. The third-order valence-corrected chi connectivity index (χ3v) is 2.26. The summed E-state index contributed by atoms with van der Waals surface area (Å²) >= 11 is 0. The van der Waals surface area contributed by atoms with Crippen molar-refractivity contribution in [3.63, 3.8) is 0 Å². The molecule has 0 aliphatic carbocycles. The van der Waals surface area contributed by atoms with E-state index in [4.69, 9.17) is 9.15 Å². The SMILES string of the molecule is CC=CCOCc1ccoc1CNCCC. The molecule has 3 nitrogen and oxygen atoms in total. The summed E-state index contributed by atoms with van der Waals surface area (Å²) in [5.74, 6) is 0.980. The number of ether oxygens (including phenoxy) is 1. The molecule has 1 heterocycles. The van der Waals surface area contributed by atoms with Gasteiger partial charge >= 0.3 is 0 Å². The number of nitrogens with one attached hydrogen (secondary N) is 1. The van der Waals surface area contributed by atoms with Gasteiger partial charge in [-0.25, -0.2) is 0 Å². The number of hydrogen-bond acceptors (Lipinski definition) is 3. The summed E-state index contributed by atoms with van der Waals surface area (Å²) in [6, 6.07) is 1.97. The van der Waals surface area contributed by atoms with Crippen LogP contribution in [0.2, 0.25) is 0 Å². The molecule has 0 fully saturated rings. The van der Waals surface area contributed by atoms with Gasteiger partial charge in [0.2, 0.25) is 0 Å². The molecule has 0 aliphatic rings. The van der Waals surface area contributed by atoms with Crippen LogP contribution in [0.4, 0.5) is 0 Å². The van der Waals surface area contributed by atoms with Gasteiger partial charge in [0, 0.05) is 5.56 Å². The molecule has 0 radical (unpaired) electrons. The van der Waals surface area contributed by atoms with Crippen molar-refractivity contribution in [1.29, 1.82) is 0 Å². The minimum Gasteiger partial charge on any atom is -0.468 e. The van der Waals surface area contributed by atoms with Gasteiger partial charge < -0.3 is 14.5 Å². The minimum atomic E-state index is 0.615. The van der Waals surface area contributed by atoms with Crippen LogP contribution in [-0.4, -0.2) is 13.2 Å². The Morgan fingerprint density at radius 3 is 3.12 bits per heavy atom. The van der Waals surface area contributed by atoms with Gasteiger partial charge in [0.05, 0.1) is 26.0 Å². The topological polar surface area (TPSA) is 34.4 Å². The zero-order valence-electron chi connectivity index (χ0n) is 10.2. The summed E-state index contributed by atoms with van der Waals surface area (Å²) in [6.07, 6.45) is 6.83. The molecule has 0 atom stereocenters. The molecule has 1 rings (SSSR count). The van der Waals surface area contributed by atoms with E-state index in [9.17, 15) is 0 Å². The maximum Gasteiger partial charge on any atom is 0.123 e. The van der Waals surface area contributed by atoms with Crippen molar-refractivity contribution in [2.24, 2.45) is 0 Å². The van der Waals surface area contributed by atoms with Crippen LogP contribution in [0.25, 0.3) is 0 Å². The van der Waals surface area contributed by atoms with Crippen LogP contribution in [0, 0.1) is 0 Å². The first kappa shape index (κ1) is 13.0. The van der Waals surface area contributed by atoms with Crippen LogP contribution < -0.4 is 5.32 Å². The first-order chi connectivity index (χ1) is 7.88. The van der Waals surface area contributed by atoms with E-state index in [-0.39, 0.29) is 0 Å². The lowest BCUT2D eigenvalue weighted by molar-refractivity contribution is 0.147. The lowest BCUT2D eigenvalue weighted by atomic mass is 10.2. The monoisotopic (exact) mass is 223 g/mol. The average Bonchev–Trinajstić information content (AvgIpc) is 2.73. The smallest absolute Gasteiger partial charge is 0.123 e. The highest BCUT2D eigenvalue weighted by molar-refractivity contribution is 5.15. The van der Waals surface area contributed by atoms with Crippen LogP contribution in [0.3, 0.4) is 0 Å². The van der Waals surface area contributed by atoms with Crippen LogP contribution in [0.1, 0.15) is 31.6 Å². The highest BCUT2D eigenvalue weighted by Gasteiger charge is 2.05. The predicted molar refractivity (Wildman–Crippen MR) is 65.2 cm³/mol. The zero-order chi connectivity index (χ0) is 11.6. The van der Waals surface area contributed by atoms with Crippen molar-refractivity contribution in [2.45, 2.75) is 33.4 Å². The number of allylic oxidation sites excluding steroid dienone is 1. The minimum absolute atomic E-state index is 0.615. The van der Waals surface area contributed by atoms with Crippen molar-refractivity contribution in [1.82, 2.24) is 5.32 Å². The summed E-state index contributed by atoms with van der Waals surface area (Å²) in [6.45, 7) is 7.20. The zero-order valence-corrected chi connectivity index (χ0v) is 10.2. The summed E-state index contributed by atoms with van der Waals surface area (Å²) < 4.78 is 10.9. The Morgan fingerprint density at radius 2 is 2.38 bits per heavy atom. The number of rotatable bonds is 8. The van der Waals surface area contributed by atoms with Crippen molar-refractivity contribution in [2.75, 3.05) is 13.2 Å². The highest BCUT2D eigenvalue weighted by Crippen LogP contribution is 2.11. The van der Waals surface area contributed by atoms with Crippen LogP contribution >= 0.6 is 0 Å². The summed E-state index contributed by atoms with van der Waals surface area (Å²) in [7, 11) is 0. The van der Waals surface area contributed by atoms with E-state index in [2.05, 4.69) is 12.2 Å². The molecule has 0 spiro atoms. The van der Waals surface area contributed by atoms with Gasteiger partial charge in [-0.05, 0) is 26.0 Å². The molecular weight excluding hydrogens is 202 g/mol. The Bertz CT molecular complexity index is 305. The third-order valence-electron chi connectivity index (χ3n) is 2.26. The van der Waals surface area contributed by atoms with Crippen LogP contribution in [-0.2, 0) is 17.9 Å². The lowest BCUT2D eigenvalue weighted by Crippen LogP contribution is -2.14. The fourth-order valence-electron chi connectivity index (χ4n) is 1.36. The lowest BCUT2D eigenvalue weighted by Gasteiger charge is -2.04. The molecule has 0 saturated carbocycles. The van der Waals surface area contributed by atoms with Gasteiger partial charge in [-0.3, -0.25) is 0 Å². The molecule has 0 bridgehead atoms. The van der Waals surface area contributed by atoms with E-state index in [0.29, 0.717) is 13.2 Å². The fraction of sp³-hybridized carbons (Fsp3) is 0.538. The quantitative estimate of drug-likeness (QED) is 0.543. The highest BCUT2D eigenvalue weighted by atomic mass is 16.5. The van der Waals surface area contributed by atoms with Gasteiger partial charge in [0.25, 0.3) is 0 Å². The van der Waals surface area contributed by atoms with E-state index in [1.54, 1.807) is 6.26 Å². The molecule has 0 amide bonds. The summed E-state index contributed by atoms with van der Waals surface area (Å²) in [5.41, 5.74) is 1.13. The van der Waals surface area contributed by atoms with Crippen molar-refractivity contribution in [3.8, 4) is 0 Å². The largest absolute Gasteiger partial charge is 0.468 e. The normalized spacial score (nSPS) is 11.4. The molecule has 1 N–H and O–H groups in total. The first-order valence-electron chi connectivity index (χ1n) is 5.83. The molecule has 0 aliphatic heterocycles. The molecule has 0 aromatic carbocycles. The standard InChI is InChI=1S/C13H21NO2/c1-3-5-8-15-11-12-6-9-16-13(12)10-14-7-4-2/h3,5-6,9,14H,4,7-8,10-11H2,1-2H3. The van der Waals surface area contributed by atoms with E-state index < -0.39 is 0 Å². The molecule has 3 heteroatoms. The van der Waals surface area contributed by atoms with Crippen molar-refractivity contribution < 1.29 is 9.15 Å². The molecule has 1 aromatic rings. The first-order valence-corrected chi connectivity index (χ1v) is 5.83. The van der Waals surface area contributed by atoms with Gasteiger partial charge in [0.15, 0.2) is 0 Å². The number of hydrogen-bond donors (Lipinski definition) is 1. The van der Waals surface area contributed by atoms with E-state index >= 15 is 0 Å². The fourth-order valence-corrected chi connectivity index (χ4v) is 1.36. The van der Waals surface area contributed by atoms with Crippen LogP contribution in [0.5, 0.6) is 0 Å². The van der Waals surface area contributed by atoms with Crippen molar-refractivity contribution in [3.05, 3.63) is 35.8 Å². The molecule has 16 heavy (non-hydrogen) atoms. The maximum absolute atomic E-state index is 5.49. The Morgan fingerprint density at radius 1 is 1.50 bits per heavy atom. The van der Waals surface area contributed by atoms with Gasteiger partial charge in [-0.1, -0.05) is 19.1 Å². The van der Waals surface area contributed by atoms with Crippen LogP contribution in [0.15, 0.2) is 28.9 Å². The molecular formula is C13H21NO2. The Balaban J connectivity index is 2.32. The third kappa shape index (κ3) is 4.64. The van der Waals surface area contributed by atoms with E-state index in [1.165, 1.54) is 0 Å². The second-order valence-electron chi connectivity index (χ2n) is 3.63. The second kappa shape index (κ2) is 8.13. The van der Waals surface area contributed by atoms with Crippen molar-refractivity contribution >= 4 is 0 Å². The maximum atomic E-state index is 5.49. The second-order valence-corrected chi connectivity index (χ2v) is 3.63. The van der Waals surface area contributed by atoms with E-state index in [1.807, 2.05) is 25.1 Å². The summed E-state index contributed by atoms with van der Waals surface area (Å²) in [4.78, 5) is 0. The van der Waals surface area contributed by atoms with Gasteiger partial charge in [0.1, 0.15) is 5.76 Å². The average molecular weight is 223 g/mol.